The van der Waals surface area contributed by atoms with E-state index in [1.54, 1.807) is 18.3 Å². The molecule has 0 fully saturated rings. The number of para-hydroxylation sites is 1. The molecule has 1 aromatic heterocycles. The number of aryl methyl sites for hydroxylation is 1. The summed E-state index contributed by atoms with van der Waals surface area (Å²) in [7, 11) is 0. The summed E-state index contributed by atoms with van der Waals surface area (Å²) in [4.78, 5) is 11.4. The molecular formula is C26H20Cl2FN3OS. The minimum Gasteiger partial charge on any atom is -0.392 e. The number of aromatic nitrogens is 1. The number of pyridine rings is 1. The van der Waals surface area contributed by atoms with Crippen molar-refractivity contribution < 1.29 is 9.23 Å². The van der Waals surface area contributed by atoms with E-state index in [2.05, 4.69) is 15.5 Å². The highest BCUT2D eigenvalue weighted by molar-refractivity contribution is 7.99. The van der Waals surface area contributed by atoms with Gasteiger partial charge >= 0.3 is 0 Å². The maximum atomic E-state index is 14.7. The fourth-order valence-electron chi connectivity index (χ4n) is 3.89. The maximum Gasteiger partial charge on any atom is 0.175 e. The minimum absolute atomic E-state index is 0.0413. The number of rotatable bonds is 5. The third kappa shape index (κ3) is 4.71. The zero-order valence-electron chi connectivity index (χ0n) is 18.2. The predicted octanol–water partition coefficient (Wildman–Crippen LogP) is 7.03. The highest BCUT2D eigenvalue weighted by Crippen LogP contribution is 2.37. The van der Waals surface area contributed by atoms with Crippen LogP contribution in [0.1, 0.15) is 16.7 Å². The molecule has 5 rings (SSSR count). The summed E-state index contributed by atoms with van der Waals surface area (Å²) in [6.07, 6.45) is 2.40. The van der Waals surface area contributed by atoms with E-state index >= 15 is 0 Å². The number of nitrogens with zero attached hydrogens (tertiary/aromatic N) is 2. The summed E-state index contributed by atoms with van der Waals surface area (Å²) in [6, 6.07) is 18.7. The molecule has 4 nitrogen and oxygen atoms in total. The summed E-state index contributed by atoms with van der Waals surface area (Å²) in [5.74, 6) is 0.109. The van der Waals surface area contributed by atoms with E-state index in [0.717, 1.165) is 37.5 Å². The SMILES string of the molecule is Cc1ccc(CC2CON=C(c3c(Sc4cccc(Cl)c4F)cnc4ccccc34)N2)c(Cl)c1. The molecule has 0 radical (unpaired) electrons. The number of halogens is 3. The Balaban J connectivity index is 1.52. The van der Waals surface area contributed by atoms with Crippen molar-refractivity contribution in [3.8, 4) is 0 Å². The van der Waals surface area contributed by atoms with E-state index in [-0.39, 0.29) is 11.1 Å². The Morgan fingerprint density at radius 2 is 1.91 bits per heavy atom. The molecule has 4 aromatic rings. The summed E-state index contributed by atoms with van der Waals surface area (Å²) >= 11 is 13.7. The lowest BCUT2D eigenvalue weighted by molar-refractivity contribution is 0.109. The first-order valence-corrected chi connectivity index (χ1v) is 12.3. The minimum atomic E-state index is -0.463. The van der Waals surface area contributed by atoms with Gasteiger partial charge in [0.2, 0.25) is 0 Å². The van der Waals surface area contributed by atoms with Crippen LogP contribution in [0.15, 0.2) is 81.8 Å². The van der Waals surface area contributed by atoms with E-state index in [1.807, 2.05) is 49.4 Å². The monoisotopic (exact) mass is 511 g/mol. The molecule has 1 aliphatic heterocycles. The van der Waals surface area contributed by atoms with Crippen LogP contribution in [0, 0.1) is 12.7 Å². The Morgan fingerprint density at radius 3 is 2.76 bits per heavy atom. The Kier molecular flexibility index (Phi) is 6.63. The summed E-state index contributed by atoms with van der Waals surface area (Å²) in [5, 5.41) is 9.54. The molecule has 0 saturated heterocycles. The predicted molar refractivity (Wildman–Crippen MR) is 137 cm³/mol. The van der Waals surface area contributed by atoms with Crippen molar-refractivity contribution in [2.45, 2.75) is 29.2 Å². The quantitative estimate of drug-likeness (QED) is 0.312. The van der Waals surface area contributed by atoms with Gasteiger partial charge in [-0.1, -0.05) is 76.5 Å². The molecule has 8 heteroatoms. The number of amidine groups is 1. The van der Waals surface area contributed by atoms with Crippen LogP contribution in [0.3, 0.4) is 0 Å². The Bertz CT molecular complexity index is 1410. The molecule has 0 saturated carbocycles. The fourth-order valence-corrected chi connectivity index (χ4v) is 5.43. The van der Waals surface area contributed by atoms with Crippen LogP contribution in [-0.2, 0) is 11.3 Å². The molecule has 1 atom stereocenters. The van der Waals surface area contributed by atoms with Gasteiger partial charge in [-0.25, -0.2) is 4.39 Å². The highest BCUT2D eigenvalue weighted by Gasteiger charge is 2.24. The molecule has 0 bridgehead atoms. The molecule has 34 heavy (non-hydrogen) atoms. The van der Waals surface area contributed by atoms with Crippen molar-refractivity contribution in [1.82, 2.24) is 10.3 Å². The second-order valence-corrected chi connectivity index (χ2v) is 9.94. The smallest absolute Gasteiger partial charge is 0.175 e. The van der Waals surface area contributed by atoms with E-state index in [9.17, 15) is 4.39 Å². The zero-order chi connectivity index (χ0) is 23.7. The van der Waals surface area contributed by atoms with Crippen molar-refractivity contribution in [3.05, 3.63) is 99.4 Å². The molecule has 1 N–H and O–H groups in total. The van der Waals surface area contributed by atoms with Gasteiger partial charge in [0.15, 0.2) is 11.7 Å². The first-order valence-electron chi connectivity index (χ1n) is 10.7. The first kappa shape index (κ1) is 23.0. The fraction of sp³-hybridized carbons (Fsp3) is 0.154. The van der Waals surface area contributed by atoms with Crippen LogP contribution in [0.5, 0.6) is 0 Å². The molecule has 0 amide bonds. The number of hydrogen-bond acceptors (Lipinski definition) is 5. The third-order valence-corrected chi connectivity index (χ3v) is 7.27. The number of benzene rings is 3. The molecule has 3 aromatic carbocycles. The second-order valence-electron chi connectivity index (χ2n) is 8.04. The van der Waals surface area contributed by atoms with Crippen LogP contribution >= 0.6 is 35.0 Å². The van der Waals surface area contributed by atoms with Crippen molar-refractivity contribution in [3.63, 3.8) is 0 Å². The highest BCUT2D eigenvalue weighted by atomic mass is 35.5. The molecule has 1 aliphatic rings. The van der Waals surface area contributed by atoms with Gasteiger partial charge < -0.3 is 10.2 Å². The van der Waals surface area contributed by atoms with Gasteiger partial charge in [-0.15, -0.1) is 0 Å². The summed E-state index contributed by atoms with van der Waals surface area (Å²) < 4.78 is 14.7. The van der Waals surface area contributed by atoms with Gasteiger partial charge in [0.05, 0.1) is 16.6 Å². The van der Waals surface area contributed by atoms with Crippen LogP contribution in [-0.4, -0.2) is 23.5 Å². The van der Waals surface area contributed by atoms with Gasteiger partial charge in [0.1, 0.15) is 6.61 Å². The van der Waals surface area contributed by atoms with Gasteiger partial charge in [-0.2, -0.15) is 0 Å². The number of nitrogens with one attached hydrogen (secondary N) is 1. The van der Waals surface area contributed by atoms with E-state index in [0.29, 0.717) is 23.8 Å². The molecule has 0 spiro atoms. The van der Waals surface area contributed by atoms with Gasteiger partial charge in [0.25, 0.3) is 0 Å². The molecule has 2 heterocycles. The lowest BCUT2D eigenvalue weighted by atomic mass is 10.0. The molecule has 1 unspecified atom stereocenters. The van der Waals surface area contributed by atoms with Crippen LogP contribution in [0.2, 0.25) is 10.0 Å². The van der Waals surface area contributed by atoms with Gasteiger partial charge in [-0.3, -0.25) is 4.98 Å². The lowest BCUT2D eigenvalue weighted by Crippen LogP contribution is -2.43. The molecule has 172 valence electrons. The second kappa shape index (κ2) is 9.82. The largest absolute Gasteiger partial charge is 0.392 e. The summed E-state index contributed by atoms with van der Waals surface area (Å²) in [6.45, 7) is 2.42. The van der Waals surface area contributed by atoms with Crippen molar-refractivity contribution in [2.75, 3.05) is 6.61 Å². The normalized spacial score (nSPS) is 15.5. The van der Waals surface area contributed by atoms with E-state index in [4.69, 9.17) is 28.0 Å². The maximum absolute atomic E-state index is 14.7. The lowest BCUT2D eigenvalue weighted by Gasteiger charge is -2.26. The zero-order valence-corrected chi connectivity index (χ0v) is 20.5. The summed E-state index contributed by atoms with van der Waals surface area (Å²) in [5.41, 5.74) is 3.75. The van der Waals surface area contributed by atoms with E-state index < -0.39 is 5.82 Å². The number of oxime groups is 1. The third-order valence-electron chi connectivity index (χ3n) is 5.56. The van der Waals surface area contributed by atoms with Gasteiger partial charge in [-0.05, 0) is 48.7 Å². The Morgan fingerprint density at radius 1 is 1.06 bits per heavy atom. The van der Waals surface area contributed by atoms with Crippen molar-refractivity contribution in [2.24, 2.45) is 5.16 Å². The average Bonchev–Trinajstić information content (AvgIpc) is 2.84. The van der Waals surface area contributed by atoms with Crippen LogP contribution in [0.4, 0.5) is 4.39 Å². The number of fused-ring (bicyclic) bond motifs is 1. The van der Waals surface area contributed by atoms with Crippen molar-refractivity contribution in [1.29, 1.82) is 0 Å². The van der Waals surface area contributed by atoms with Crippen molar-refractivity contribution >= 4 is 51.7 Å². The average molecular weight is 512 g/mol. The standard InChI is InChI=1S/C26H20Cl2FN3OS/c1-15-9-10-16(20(28)11-15)12-17-14-33-32-26(31-17)24-18-5-2-3-7-21(18)30-13-23(24)34-22-8-4-6-19(27)25(22)29/h2-11,13,17H,12,14H2,1H3,(H,31,32). The van der Waals surface area contributed by atoms with Crippen LogP contribution < -0.4 is 5.32 Å². The van der Waals surface area contributed by atoms with E-state index in [1.165, 1.54) is 17.8 Å². The first-order chi connectivity index (χ1) is 16.5. The van der Waals surface area contributed by atoms with Crippen LogP contribution in [0.25, 0.3) is 10.9 Å². The molecule has 0 aliphatic carbocycles. The topological polar surface area (TPSA) is 46.5 Å². The Labute approximate surface area is 211 Å². The number of hydrogen-bond donors (Lipinski definition) is 1. The molecular weight excluding hydrogens is 492 g/mol. The Hall–Kier alpha value is -2.80. The van der Waals surface area contributed by atoms with Gasteiger partial charge in [0, 0.05) is 32.0 Å².